The number of hydrogen-bond donors (Lipinski definition) is 3. The lowest BCUT2D eigenvalue weighted by molar-refractivity contribution is -0.145. The largest absolute Gasteiger partial charge is 0.481 e. The van der Waals surface area contributed by atoms with Gasteiger partial charge >= 0.3 is 5.97 Å². The first-order valence-corrected chi connectivity index (χ1v) is 6.59. The smallest absolute Gasteiger partial charge is 0.307 e. The van der Waals surface area contributed by atoms with Crippen LogP contribution in [0.3, 0.4) is 0 Å². The zero-order valence-electron chi connectivity index (χ0n) is 11.1. The van der Waals surface area contributed by atoms with Crippen molar-refractivity contribution in [3.8, 4) is 0 Å². The Morgan fingerprint density at radius 3 is 2.74 bits per heavy atom. The monoisotopic (exact) mass is 265 g/mol. The fraction of sp³-hybridized carbons (Fsp3) is 0.615. The van der Waals surface area contributed by atoms with Crippen molar-refractivity contribution in [3.63, 3.8) is 0 Å². The molecule has 1 aliphatic rings. The van der Waals surface area contributed by atoms with E-state index in [-0.39, 0.29) is 11.8 Å². The predicted molar refractivity (Wildman–Crippen MR) is 69.6 cm³/mol. The Labute approximate surface area is 111 Å². The summed E-state index contributed by atoms with van der Waals surface area (Å²) in [7, 11) is 0. The molecule has 1 heterocycles. The molecule has 3 atom stereocenters. The molecule has 6 nitrogen and oxygen atoms in total. The quantitative estimate of drug-likeness (QED) is 0.771. The van der Waals surface area contributed by atoms with Crippen molar-refractivity contribution in [3.05, 3.63) is 11.8 Å². The minimum absolute atomic E-state index is 0.245. The topological polar surface area (TPSA) is 95.1 Å². The summed E-state index contributed by atoms with van der Waals surface area (Å²) >= 11 is 0. The van der Waals surface area contributed by atoms with E-state index < -0.39 is 17.8 Å². The summed E-state index contributed by atoms with van der Waals surface area (Å²) in [6.07, 6.45) is 1.99. The summed E-state index contributed by atoms with van der Waals surface area (Å²) in [5, 5.41) is 18.7. The first kappa shape index (κ1) is 13.6. The average molecular weight is 265 g/mol. The normalized spacial score (nSPS) is 26.3. The van der Waals surface area contributed by atoms with Crippen LogP contribution in [0.1, 0.15) is 32.4 Å². The maximum Gasteiger partial charge on any atom is 0.307 e. The number of H-pyrrole nitrogens is 1. The number of carbonyl (C=O) groups is 2. The standard InChI is InChI=1S/C13H19N3O3/c1-3-8-6-11(16-15-8)14-12(17)9-4-7(2)5-10(9)13(18)19/h6-7,9-10H,3-5H2,1-2H3,(H,18,19)(H2,14,15,16,17). The van der Waals surface area contributed by atoms with Crippen LogP contribution in [0.15, 0.2) is 6.07 Å². The van der Waals surface area contributed by atoms with Gasteiger partial charge in [-0.05, 0) is 25.2 Å². The Kier molecular flexibility index (Phi) is 3.87. The molecule has 0 bridgehead atoms. The number of aliphatic carboxylic acids is 1. The van der Waals surface area contributed by atoms with Crippen LogP contribution in [0.2, 0.25) is 0 Å². The molecule has 1 amide bonds. The fourth-order valence-corrected chi connectivity index (χ4v) is 2.68. The number of carbonyl (C=O) groups excluding carboxylic acids is 1. The third-order valence-electron chi connectivity index (χ3n) is 3.72. The van der Waals surface area contributed by atoms with Gasteiger partial charge in [-0.2, -0.15) is 5.10 Å². The molecule has 1 aromatic heterocycles. The molecule has 0 spiro atoms. The van der Waals surface area contributed by atoms with Gasteiger partial charge in [0.15, 0.2) is 5.82 Å². The van der Waals surface area contributed by atoms with Crippen LogP contribution in [0.25, 0.3) is 0 Å². The molecular formula is C13H19N3O3. The van der Waals surface area contributed by atoms with Crippen molar-refractivity contribution < 1.29 is 14.7 Å². The summed E-state index contributed by atoms with van der Waals surface area (Å²) in [4.78, 5) is 23.3. The zero-order chi connectivity index (χ0) is 14.0. The molecule has 1 saturated carbocycles. The van der Waals surface area contributed by atoms with Gasteiger partial charge in [-0.3, -0.25) is 14.7 Å². The van der Waals surface area contributed by atoms with Crippen molar-refractivity contribution in [2.75, 3.05) is 5.32 Å². The van der Waals surface area contributed by atoms with E-state index in [1.165, 1.54) is 0 Å². The van der Waals surface area contributed by atoms with Crippen LogP contribution >= 0.6 is 0 Å². The summed E-state index contributed by atoms with van der Waals surface area (Å²) in [6, 6.07) is 1.77. The average Bonchev–Trinajstić information content (AvgIpc) is 2.95. The molecule has 104 valence electrons. The number of rotatable bonds is 4. The van der Waals surface area contributed by atoms with Gasteiger partial charge < -0.3 is 10.4 Å². The molecule has 1 fully saturated rings. The van der Waals surface area contributed by atoms with E-state index in [1.807, 2.05) is 13.8 Å². The molecule has 0 aromatic carbocycles. The van der Waals surface area contributed by atoms with Crippen LogP contribution in [-0.2, 0) is 16.0 Å². The molecule has 19 heavy (non-hydrogen) atoms. The Hall–Kier alpha value is -1.85. The van der Waals surface area contributed by atoms with Gasteiger partial charge in [0.25, 0.3) is 0 Å². The molecule has 3 N–H and O–H groups in total. The van der Waals surface area contributed by atoms with Crippen LogP contribution in [-0.4, -0.2) is 27.2 Å². The number of anilines is 1. The van der Waals surface area contributed by atoms with Gasteiger partial charge in [0, 0.05) is 11.8 Å². The lowest BCUT2D eigenvalue weighted by atomic mass is 9.95. The van der Waals surface area contributed by atoms with Crippen LogP contribution in [0, 0.1) is 17.8 Å². The Balaban J connectivity index is 2.04. The summed E-state index contributed by atoms with van der Waals surface area (Å²) in [5.41, 5.74) is 0.935. The van der Waals surface area contributed by atoms with Gasteiger partial charge in [0.1, 0.15) is 0 Å². The molecule has 0 saturated heterocycles. The number of carboxylic acids is 1. The lowest BCUT2D eigenvalue weighted by Gasteiger charge is -2.14. The van der Waals surface area contributed by atoms with Crippen molar-refractivity contribution in [2.45, 2.75) is 33.1 Å². The third kappa shape index (κ3) is 2.94. The Morgan fingerprint density at radius 2 is 2.16 bits per heavy atom. The van der Waals surface area contributed by atoms with Crippen LogP contribution < -0.4 is 5.32 Å². The summed E-state index contributed by atoms with van der Waals surface area (Å²) < 4.78 is 0. The Morgan fingerprint density at radius 1 is 1.47 bits per heavy atom. The maximum absolute atomic E-state index is 12.1. The van der Waals surface area contributed by atoms with Gasteiger partial charge in [0.2, 0.25) is 5.91 Å². The van der Waals surface area contributed by atoms with Gasteiger partial charge in [0.05, 0.1) is 11.8 Å². The SMILES string of the molecule is CCc1cc(NC(=O)C2CC(C)CC2C(=O)O)n[nH]1. The predicted octanol–water partition coefficient (Wildman–Crippen LogP) is 1.66. The highest BCUT2D eigenvalue weighted by Crippen LogP contribution is 2.37. The summed E-state index contributed by atoms with van der Waals surface area (Å²) in [5.74, 6) is -1.45. The van der Waals surface area contributed by atoms with Crippen molar-refractivity contribution >= 4 is 17.7 Å². The number of nitrogens with zero attached hydrogens (tertiary/aromatic N) is 1. The fourth-order valence-electron chi connectivity index (χ4n) is 2.68. The highest BCUT2D eigenvalue weighted by molar-refractivity contribution is 5.94. The molecule has 2 rings (SSSR count). The van der Waals surface area contributed by atoms with Gasteiger partial charge in [-0.25, -0.2) is 0 Å². The minimum atomic E-state index is -0.888. The van der Waals surface area contributed by atoms with Gasteiger partial charge in [-0.15, -0.1) is 0 Å². The number of nitrogens with one attached hydrogen (secondary N) is 2. The Bertz CT molecular complexity index is 483. The second kappa shape index (κ2) is 5.42. The number of aryl methyl sites for hydroxylation is 1. The van der Waals surface area contributed by atoms with E-state index in [9.17, 15) is 9.59 Å². The molecule has 1 aromatic rings. The number of aromatic amines is 1. The van der Waals surface area contributed by atoms with E-state index in [0.29, 0.717) is 18.7 Å². The van der Waals surface area contributed by atoms with Crippen LogP contribution in [0.4, 0.5) is 5.82 Å². The first-order valence-electron chi connectivity index (χ1n) is 6.59. The second-order valence-corrected chi connectivity index (χ2v) is 5.25. The number of hydrogen-bond acceptors (Lipinski definition) is 3. The molecule has 3 unspecified atom stereocenters. The number of carboxylic acid groups (broad SMARTS) is 1. The maximum atomic E-state index is 12.1. The van der Waals surface area contributed by atoms with Gasteiger partial charge in [-0.1, -0.05) is 13.8 Å². The second-order valence-electron chi connectivity index (χ2n) is 5.25. The van der Waals surface area contributed by atoms with Crippen molar-refractivity contribution in [2.24, 2.45) is 17.8 Å². The highest BCUT2D eigenvalue weighted by Gasteiger charge is 2.41. The van der Waals surface area contributed by atoms with Crippen molar-refractivity contribution in [1.82, 2.24) is 10.2 Å². The summed E-state index contributed by atoms with van der Waals surface area (Å²) in [6.45, 7) is 3.96. The zero-order valence-corrected chi connectivity index (χ0v) is 11.1. The molecule has 0 radical (unpaired) electrons. The third-order valence-corrected chi connectivity index (χ3v) is 3.72. The number of aromatic nitrogens is 2. The van der Waals surface area contributed by atoms with E-state index >= 15 is 0 Å². The highest BCUT2D eigenvalue weighted by atomic mass is 16.4. The van der Waals surface area contributed by atoms with Crippen molar-refractivity contribution in [1.29, 1.82) is 0 Å². The molecule has 6 heteroatoms. The molecular weight excluding hydrogens is 246 g/mol. The van der Waals surface area contributed by atoms with E-state index in [4.69, 9.17) is 5.11 Å². The molecule has 0 aliphatic heterocycles. The minimum Gasteiger partial charge on any atom is -0.481 e. The lowest BCUT2D eigenvalue weighted by Crippen LogP contribution is -2.30. The molecule has 1 aliphatic carbocycles. The van der Waals surface area contributed by atoms with Crippen LogP contribution in [0.5, 0.6) is 0 Å². The van der Waals surface area contributed by atoms with E-state index in [1.54, 1.807) is 6.07 Å². The van der Waals surface area contributed by atoms with E-state index in [0.717, 1.165) is 12.1 Å². The first-order chi connectivity index (χ1) is 9.01. The number of amides is 1. The van der Waals surface area contributed by atoms with E-state index in [2.05, 4.69) is 15.5 Å².